The lowest BCUT2D eigenvalue weighted by Gasteiger charge is -2.25. The second kappa shape index (κ2) is 5.19. The fourth-order valence-corrected chi connectivity index (χ4v) is 2.36. The van der Waals surface area contributed by atoms with Crippen LogP contribution in [-0.4, -0.2) is 19.2 Å². The lowest BCUT2D eigenvalue weighted by atomic mass is 10.1. The standard InChI is InChI=1S/C13H18BrNO/c1-9-5-6-12(10(2)13(9)14)16-11-4-3-7-15-8-11/h5-6,11,15H,3-4,7-8H2,1-2H3. The first-order chi connectivity index (χ1) is 7.68. The summed E-state index contributed by atoms with van der Waals surface area (Å²) in [4.78, 5) is 0. The highest BCUT2D eigenvalue weighted by Gasteiger charge is 2.16. The second-order valence-corrected chi connectivity index (χ2v) is 5.20. The summed E-state index contributed by atoms with van der Waals surface area (Å²) in [5, 5.41) is 3.36. The molecule has 16 heavy (non-hydrogen) atoms. The van der Waals surface area contributed by atoms with Crippen molar-refractivity contribution < 1.29 is 4.74 Å². The molecule has 2 nitrogen and oxygen atoms in total. The van der Waals surface area contributed by atoms with Crippen molar-refractivity contribution >= 4 is 15.9 Å². The third-order valence-electron chi connectivity index (χ3n) is 3.08. The molecule has 0 aliphatic carbocycles. The summed E-state index contributed by atoms with van der Waals surface area (Å²) in [5.41, 5.74) is 2.46. The second-order valence-electron chi connectivity index (χ2n) is 4.41. The zero-order valence-electron chi connectivity index (χ0n) is 9.85. The van der Waals surface area contributed by atoms with Crippen molar-refractivity contribution in [3.8, 4) is 5.75 Å². The van der Waals surface area contributed by atoms with Gasteiger partial charge in [0.25, 0.3) is 0 Å². The van der Waals surface area contributed by atoms with Gasteiger partial charge in [0.1, 0.15) is 11.9 Å². The monoisotopic (exact) mass is 283 g/mol. The first-order valence-electron chi connectivity index (χ1n) is 5.81. The molecule has 2 rings (SSSR count). The molecule has 0 spiro atoms. The van der Waals surface area contributed by atoms with Crippen molar-refractivity contribution in [3.63, 3.8) is 0 Å². The van der Waals surface area contributed by atoms with Crippen molar-refractivity contribution in [1.29, 1.82) is 0 Å². The number of hydrogen-bond donors (Lipinski definition) is 1. The minimum atomic E-state index is 0.321. The van der Waals surface area contributed by atoms with Gasteiger partial charge in [0.15, 0.2) is 0 Å². The van der Waals surface area contributed by atoms with Gasteiger partial charge < -0.3 is 10.1 Å². The van der Waals surface area contributed by atoms with Crippen LogP contribution in [0.1, 0.15) is 24.0 Å². The van der Waals surface area contributed by atoms with E-state index >= 15 is 0 Å². The SMILES string of the molecule is Cc1ccc(OC2CCCNC2)c(C)c1Br. The Morgan fingerprint density at radius 1 is 1.38 bits per heavy atom. The van der Waals surface area contributed by atoms with E-state index < -0.39 is 0 Å². The van der Waals surface area contributed by atoms with Crippen molar-refractivity contribution in [1.82, 2.24) is 5.32 Å². The lowest BCUT2D eigenvalue weighted by Crippen LogP contribution is -2.37. The van der Waals surface area contributed by atoms with E-state index in [1.165, 1.54) is 17.5 Å². The Labute approximate surface area is 106 Å². The highest BCUT2D eigenvalue weighted by molar-refractivity contribution is 9.10. The first-order valence-corrected chi connectivity index (χ1v) is 6.61. The van der Waals surface area contributed by atoms with Crippen molar-refractivity contribution in [3.05, 3.63) is 27.7 Å². The summed E-state index contributed by atoms with van der Waals surface area (Å²) in [6.45, 7) is 6.28. The van der Waals surface area contributed by atoms with Crippen LogP contribution in [0.3, 0.4) is 0 Å². The minimum absolute atomic E-state index is 0.321. The summed E-state index contributed by atoms with van der Waals surface area (Å²) in [6, 6.07) is 4.17. The molecule has 1 atom stereocenters. The van der Waals surface area contributed by atoms with E-state index in [4.69, 9.17) is 4.74 Å². The molecule has 1 unspecified atom stereocenters. The Hall–Kier alpha value is -0.540. The van der Waals surface area contributed by atoms with Crippen LogP contribution < -0.4 is 10.1 Å². The number of benzene rings is 1. The average Bonchev–Trinajstić information content (AvgIpc) is 2.31. The molecule has 3 heteroatoms. The maximum atomic E-state index is 6.03. The maximum Gasteiger partial charge on any atom is 0.123 e. The zero-order valence-corrected chi connectivity index (χ0v) is 11.4. The van der Waals surface area contributed by atoms with Gasteiger partial charge in [-0.3, -0.25) is 0 Å². The van der Waals surface area contributed by atoms with E-state index in [9.17, 15) is 0 Å². The van der Waals surface area contributed by atoms with Crippen LogP contribution >= 0.6 is 15.9 Å². The predicted octanol–water partition coefficient (Wildman–Crippen LogP) is 3.20. The minimum Gasteiger partial charge on any atom is -0.489 e. The van der Waals surface area contributed by atoms with Crippen LogP contribution in [0.2, 0.25) is 0 Å². The molecule has 1 aromatic carbocycles. The molecule has 88 valence electrons. The van der Waals surface area contributed by atoms with Gasteiger partial charge in [-0.2, -0.15) is 0 Å². The summed E-state index contributed by atoms with van der Waals surface area (Å²) in [7, 11) is 0. The zero-order chi connectivity index (χ0) is 11.5. The number of nitrogens with one attached hydrogen (secondary N) is 1. The van der Waals surface area contributed by atoms with E-state index in [1.54, 1.807) is 0 Å². The molecule has 0 radical (unpaired) electrons. The number of aryl methyl sites for hydroxylation is 1. The number of ether oxygens (including phenoxy) is 1. The van der Waals surface area contributed by atoms with E-state index in [0.29, 0.717) is 6.10 Å². The van der Waals surface area contributed by atoms with E-state index in [2.05, 4.69) is 47.2 Å². The van der Waals surface area contributed by atoms with Crippen LogP contribution in [0, 0.1) is 13.8 Å². The fraction of sp³-hybridized carbons (Fsp3) is 0.538. The summed E-state index contributed by atoms with van der Waals surface area (Å²) >= 11 is 3.60. The van der Waals surface area contributed by atoms with Gasteiger partial charge in [-0.05, 0) is 44.9 Å². The van der Waals surface area contributed by atoms with Gasteiger partial charge in [0.05, 0.1) is 0 Å². The molecule has 0 bridgehead atoms. The van der Waals surface area contributed by atoms with Gasteiger partial charge in [-0.15, -0.1) is 0 Å². The molecular formula is C13H18BrNO. The van der Waals surface area contributed by atoms with Gasteiger partial charge in [-0.25, -0.2) is 0 Å². The third-order valence-corrected chi connectivity index (χ3v) is 4.30. The van der Waals surface area contributed by atoms with E-state index in [1.807, 2.05) is 0 Å². The van der Waals surface area contributed by atoms with Crippen molar-refractivity contribution in [2.24, 2.45) is 0 Å². The molecule has 1 N–H and O–H groups in total. The van der Waals surface area contributed by atoms with Crippen LogP contribution in [-0.2, 0) is 0 Å². The molecule has 0 amide bonds. The van der Waals surface area contributed by atoms with Crippen LogP contribution in [0.5, 0.6) is 5.75 Å². The summed E-state index contributed by atoms with van der Waals surface area (Å²) in [6.07, 6.45) is 2.68. The van der Waals surface area contributed by atoms with Gasteiger partial charge in [0, 0.05) is 16.6 Å². The van der Waals surface area contributed by atoms with Crippen LogP contribution in [0.15, 0.2) is 16.6 Å². The lowest BCUT2D eigenvalue weighted by molar-refractivity contribution is 0.166. The number of piperidine rings is 1. The van der Waals surface area contributed by atoms with Gasteiger partial charge >= 0.3 is 0 Å². The molecule has 1 saturated heterocycles. The topological polar surface area (TPSA) is 21.3 Å². The summed E-state index contributed by atoms with van der Waals surface area (Å²) in [5.74, 6) is 1.01. The van der Waals surface area contributed by atoms with Crippen LogP contribution in [0.4, 0.5) is 0 Å². The molecule has 1 aliphatic heterocycles. The Bertz CT molecular complexity index is 372. The molecular weight excluding hydrogens is 266 g/mol. The van der Waals surface area contributed by atoms with Gasteiger partial charge in [0.2, 0.25) is 0 Å². The number of hydrogen-bond acceptors (Lipinski definition) is 2. The van der Waals surface area contributed by atoms with E-state index in [0.717, 1.165) is 29.7 Å². The predicted molar refractivity (Wildman–Crippen MR) is 70.1 cm³/mol. The molecule has 1 fully saturated rings. The average molecular weight is 284 g/mol. The smallest absolute Gasteiger partial charge is 0.123 e. The molecule has 0 aromatic heterocycles. The van der Waals surface area contributed by atoms with E-state index in [-0.39, 0.29) is 0 Å². The first kappa shape index (κ1) is 11.9. The Morgan fingerprint density at radius 2 is 2.19 bits per heavy atom. The Morgan fingerprint density at radius 3 is 2.88 bits per heavy atom. The highest BCUT2D eigenvalue weighted by atomic mass is 79.9. The normalized spacial score (nSPS) is 20.8. The summed E-state index contributed by atoms with van der Waals surface area (Å²) < 4.78 is 7.19. The van der Waals surface area contributed by atoms with Crippen LogP contribution in [0.25, 0.3) is 0 Å². The molecule has 0 saturated carbocycles. The Balaban J connectivity index is 2.11. The molecule has 1 aliphatic rings. The number of halogens is 1. The molecule has 1 heterocycles. The fourth-order valence-electron chi connectivity index (χ4n) is 2.03. The molecule has 1 aromatic rings. The quantitative estimate of drug-likeness (QED) is 0.900. The largest absolute Gasteiger partial charge is 0.489 e. The van der Waals surface area contributed by atoms with Crippen molar-refractivity contribution in [2.45, 2.75) is 32.8 Å². The van der Waals surface area contributed by atoms with Crippen molar-refractivity contribution in [2.75, 3.05) is 13.1 Å². The Kier molecular flexibility index (Phi) is 3.87. The maximum absolute atomic E-state index is 6.03. The number of rotatable bonds is 2. The highest BCUT2D eigenvalue weighted by Crippen LogP contribution is 2.30. The van der Waals surface area contributed by atoms with Gasteiger partial charge in [-0.1, -0.05) is 22.0 Å². The third kappa shape index (κ3) is 2.58.